The summed E-state index contributed by atoms with van der Waals surface area (Å²) in [5, 5.41) is 9.12. The molecule has 2 aromatic carbocycles. The number of rotatable bonds is 12. The van der Waals surface area contributed by atoms with Gasteiger partial charge < -0.3 is 4.74 Å². The SMILES string of the molecule is CCCC(c1cccc(OCCC2(C)C(=O)N(c3ccc(C#N)c(C(F)(F)F)c3)C(=O)C2(C)C)c1)N(CC)CCC. The van der Waals surface area contributed by atoms with Crippen LogP contribution in [0.4, 0.5) is 18.9 Å². The molecule has 222 valence electrons. The number of benzene rings is 2. The van der Waals surface area contributed by atoms with E-state index in [2.05, 4.69) is 31.7 Å². The average Bonchev–Trinajstić information content (AvgIpc) is 3.06. The van der Waals surface area contributed by atoms with Crippen molar-refractivity contribution in [3.05, 3.63) is 59.2 Å². The van der Waals surface area contributed by atoms with Crippen LogP contribution in [0.3, 0.4) is 0 Å². The molecule has 1 heterocycles. The minimum absolute atomic E-state index is 0.141. The molecule has 0 radical (unpaired) electrons. The number of nitriles is 1. The van der Waals surface area contributed by atoms with Gasteiger partial charge in [0.2, 0.25) is 11.8 Å². The summed E-state index contributed by atoms with van der Waals surface area (Å²) in [6.07, 6.45) is -1.51. The summed E-state index contributed by atoms with van der Waals surface area (Å²) < 4.78 is 46.9. The molecular formula is C32H40F3N3O3. The highest BCUT2D eigenvalue weighted by atomic mass is 19.4. The molecule has 1 aliphatic rings. The molecule has 0 N–H and O–H groups in total. The van der Waals surface area contributed by atoms with Gasteiger partial charge in [0, 0.05) is 6.04 Å². The zero-order chi connectivity index (χ0) is 30.6. The highest BCUT2D eigenvalue weighted by molar-refractivity contribution is 6.25. The van der Waals surface area contributed by atoms with Crippen LogP contribution in [-0.4, -0.2) is 36.4 Å². The fraction of sp³-hybridized carbons (Fsp3) is 0.531. The Labute approximate surface area is 241 Å². The summed E-state index contributed by atoms with van der Waals surface area (Å²) >= 11 is 0. The quantitative estimate of drug-likeness (QED) is 0.246. The summed E-state index contributed by atoms with van der Waals surface area (Å²) in [6.45, 7) is 13.5. The number of hydrogen-bond acceptors (Lipinski definition) is 5. The molecule has 2 amide bonds. The number of anilines is 1. The minimum Gasteiger partial charge on any atom is -0.494 e. The molecule has 9 heteroatoms. The number of halogens is 3. The van der Waals surface area contributed by atoms with Gasteiger partial charge in [0.05, 0.1) is 40.3 Å². The maximum Gasteiger partial charge on any atom is 0.417 e. The molecule has 1 saturated heterocycles. The van der Waals surface area contributed by atoms with Crippen molar-refractivity contribution < 1.29 is 27.5 Å². The van der Waals surface area contributed by atoms with E-state index >= 15 is 0 Å². The molecule has 0 spiro atoms. The number of ether oxygens (including phenoxy) is 1. The normalized spacial score (nSPS) is 19.5. The van der Waals surface area contributed by atoms with Crippen LogP contribution in [0.15, 0.2) is 42.5 Å². The lowest BCUT2D eigenvalue weighted by Gasteiger charge is -2.33. The molecule has 6 nitrogen and oxygen atoms in total. The highest BCUT2D eigenvalue weighted by Gasteiger charge is 2.62. The largest absolute Gasteiger partial charge is 0.494 e. The van der Waals surface area contributed by atoms with Gasteiger partial charge in [-0.05, 0) is 89.0 Å². The van der Waals surface area contributed by atoms with E-state index in [9.17, 15) is 22.8 Å². The number of imide groups is 1. The molecule has 1 fully saturated rings. The maximum absolute atomic E-state index is 13.7. The number of carbonyl (C=O) groups is 2. The first-order valence-electron chi connectivity index (χ1n) is 14.2. The number of alkyl halides is 3. The van der Waals surface area contributed by atoms with E-state index in [0.29, 0.717) is 11.8 Å². The Morgan fingerprint density at radius 3 is 2.32 bits per heavy atom. The minimum atomic E-state index is -4.81. The highest BCUT2D eigenvalue weighted by Crippen LogP contribution is 2.51. The molecule has 2 unspecified atom stereocenters. The van der Waals surface area contributed by atoms with Crippen LogP contribution >= 0.6 is 0 Å². The Balaban J connectivity index is 1.83. The van der Waals surface area contributed by atoms with Crippen LogP contribution in [0.5, 0.6) is 5.75 Å². The van der Waals surface area contributed by atoms with Crippen molar-refractivity contribution in [1.29, 1.82) is 5.26 Å². The Morgan fingerprint density at radius 1 is 1.02 bits per heavy atom. The van der Waals surface area contributed by atoms with E-state index < -0.39 is 39.9 Å². The van der Waals surface area contributed by atoms with Crippen LogP contribution < -0.4 is 9.64 Å². The Morgan fingerprint density at radius 2 is 1.73 bits per heavy atom. The van der Waals surface area contributed by atoms with E-state index in [1.54, 1.807) is 20.8 Å². The van der Waals surface area contributed by atoms with Gasteiger partial charge in [-0.15, -0.1) is 0 Å². The third-order valence-electron chi connectivity index (χ3n) is 8.51. The van der Waals surface area contributed by atoms with E-state index in [-0.39, 0.29) is 24.8 Å². The van der Waals surface area contributed by atoms with Gasteiger partial charge in [-0.2, -0.15) is 18.4 Å². The van der Waals surface area contributed by atoms with Crippen molar-refractivity contribution in [3.8, 4) is 11.8 Å². The first-order chi connectivity index (χ1) is 19.3. The Hall–Kier alpha value is -3.38. The van der Waals surface area contributed by atoms with Gasteiger partial charge in [-0.3, -0.25) is 14.5 Å². The topological polar surface area (TPSA) is 73.6 Å². The summed E-state index contributed by atoms with van der Waals surface area (Å²) in [5.74, 6) is -0.528. The molecule has 0 aliphatic carbocycles. The molecular weight excluding hydrogens is 531 g/mol. The molecule has 2 aromatic rings. The fourth-order valence-electron chi connectivity index (χ4n) is 5.62. The Bertz CT molecular complexity index is 1300. The van der Waals surface area contributed by atoms with Gasteiger partial charge >= 0.3 is 6.18 Å². The van der Waals surface area contributed by atoms with E-state index in [0.717, 1.165) is 48.9 Å². The van der Waals surface area contributed by atoms with Crippen LogP contribution in [0, 0.1) is 22.2 Å². The zero-order valence-corrected chi connectivity index (χ0v) is 24.8. The first kappa shape index (κ1) is 32.1. The van der Waals surface area contributed by atoms with Crippen LogP contribution in [0.25, 0.3) is 0 Å². The lowest BCUT2D eigenvalue weighted by atomic mass is 9.67. The monoisotopic (exact) mass is 571 g/mol. The van der Waals surface area contributed by atoms with Gasteiger partial charge in [0.25, 0.3) is 0 Å². The van der Waals surface area contributed by atoms with E-state index in [1.165, 1.54) is 12.1 Å². The Kier molecular flexibility index (Phi) is 9.91. The molecule has 0 saturated carbocycles. The van der Waals surface area contributed by atoms with Gasteiger partial charge in [0.1, 0.15) is 5.75 Å². The molecule has 1 aliphatic heterocycles. The maximum atomic E-state index is 13.7. The number of hydrogen-bond donors (Lipinski definition) is 0. The van der Waals surface area contributed by atoms with Gasteiger partial charge in [-0.1, -0.05) is 39.3 Å². The third kappa shape index (κ3) is 6.28. The second kappa shape index (κ2) is 12.6. The average molecular weight is 572 g/mol. The molecule has 41 heavy (non-hydrogen) atoms. The molecule has 0 aromatic heterocycles. The predicted octanol–water partition coefficient (Wildman–Crippen LogP) is 7.52. The smallest absolute Gasteiger partial charge is 0.417 e. The molecule has 0 bridgehead atoms. The van der Waals surface area contributed by atoms with Crippen molar-refractivity contribution in [2.75, 3.05) is 24.6 Å². The summed E-state index contributed by atoms with van der Waals surface area (Å²) in [5.41, 5.74) is -3.23. The summed E-state index contributed by atoms with van der Waals surface area (Å²) in [6, 6.07) is 12.6. The summed E-state index contributed by atoms with van der Waals surface area (Å²) in [7, 11) is 0. The van der Waals surface area contributed by atoms with Crippen LogP contribution in [-0.2, 0) is 15.8 Å². The predicted molar refractivity (Wildman–Crippen MR) is 152 cm³/mol. The van der Waals surface area contributed by atoms with Crippen molar-refractivity contribution >= 4 is 17.5 Å². The molecule has 3 rings (SSSR count). The first-order valence-corrected chi connectivity index (χ1v) is 14.2. The van der Waals surface area contributed by atoms with Crippen molar-refractivity contribution in [3.63, 3.8) is 0 Å². The number of carbonyl (C=O) groups excluding carboxylic acids is 2. The summed E-state index contributed by atoms with van der Waals surface area (Å²) in [4.78, 5) is 30.4. The third-order valence-corrected chi connectivity index (χ3v) is 8.51. The zero-order valence-electron chi connectivity index (χ0n) is 24.8. The van der Waals surface area contributed by atoms with E-state index in [1.807, 2.05) is 18.2 Å². The second-order valence-electron chi connectivity index (χ2n) is 11.3. The second-order valence-corrected chi connectivity index (χ2v) is 11.3. The lowest BCUT2D eigenvalue weighted by Crippen LogP contribution is -2.39. The van der Waals surface area contributed by atoms with E-state index in [4.69, 9.17) is 10.00 Å². The van der Waals surface area contributed by atoms with Crippen molar-refractivity contribution in [2.24, 2.45) is 10.8 Å². The lowest BCUT2D eigenvalue weighted by molar-refractivity contribution is -0.138. The fourth-order valence-corrected chi connectivity index (χ4v) is 5.62. The van der Waals surface area contributed by atoms with Gasteiger partial charge in [0.15, 0.2) is 0 Å². The number of amides is 2. The number of nitrogens with zero attached hydrogens (tertiary/aromatic N) is 3. The van der Waals surface area contributed by atoms with Gasteiger partial charge in [-0.25, -0.2) is 4.90 Å². The van der Waals surface area contributed by atoms with Crippen LogP contribution in [0.1, 0.15) is 90.0 Å². The van der Waals surface area contributed by atoms with Crippen LogP contribution in [0.2, 0.25) is 0 Å². The van der Waals surface area contributed by atoms with Crippen molar-refractivity contribution in [1.82, 2.24) is 4.90 Å². The standard InChI is InChI=1S/C32H40F3N3O3/c1-7-11-27(37(9-3)17-8-2)22-12-10-13-25(19-22)41-18-16-31(6)29(40)38(28(39)30(31,4)5)24-15-14-23(21-36)26(20-24)32(33,34)35/h10,12-15,19-20,27H,7-9,11,16-18H2,1-6H3. The van der Waals surface area contributed by atoms with Crippen molar-refractivity contribution in [2.45, 2.75) is 79.4 Å². The molecule has 2 atom stereocenters.